The maximum Gasteiger partial charge on any atom is 0.229 e. The molecule has 5 nitrogen and oxygen atoms in total. The fraction of sp³-hybridized carbons (Fsp3) is 0.481. The maximum atomic E-state index is 12.5. The van der Waals surface area contributed by atoms with E-state index in [0.29, 0.717) is 18.7 Å². The molecule has 1 heterocycles. The highest BCUT2D eigenvalue weighted by molar-refractivity contribution is 7.99. The van der Waals surface area contributed by atoms with Gasteiger partial charge in [0.2, 0.25) is 11.8 Å². The standard InChI is InChI=1S/C27H37N3O2S/c1-29(27(32)15-4-3-9-18-28-26(31)21-33-2)19-10-20-30-24-13-7-5-11-22(24)16-17-23-12-6-8-14-25(23)30/h5-8,11-14H,3-4,9-10,15-21H2,1-2H3,(H,28,31). The van der Waals surface area contributed by atoms with Crippen LogP contribution in [0.3, 0.4) is 0 Å². The van der Waals surface area contributed by atoms with Crippen LogP contribution in [0.5, 0.6) is 0 Å². The first-order valence-corrected chi connectivity index (χ1v) is 13.4. The van der Waals surface area contributed by atoms with E-state index in [1.807, 2.05) is 18.2 Å². The highest BCUT2D eigenvalue weighted by atomic mass is 32.2. The number of nitrogens with one attached hydrogen (secondary N) is 1. The molecule has 0 unspecified atom stereocenters. The molecule has 1 aliphatic rings. The average Bonchev–Trinajstić information content (AvgIpc) is 2.98. The number of aryl methyl sites for hydroxylation is 2. The van der Waals surface area contributed by atoms with E-state index in [-0.39, 0.29) is 11.8 Å². The Morgan fingerprint density at radius 1 is 0.939 bits per heavy atom. The molecule has 0 aromatic heterocycles. The molecule has 0 radical (unpaired) electrons. The summed E-state index contributed by atoms with van der Waals surface area (Å²) in [6, 6.07) is 17.4. The average molecular weight is 468 g/mol. The van der Waals surface area contributed by atoms with E-state index in [0.717, 1.165) is 51.6 Å². The number of para-hydroxylation sites is 2. The van der Waals surface area contributed by atoms with Crippen molar-refractivity contribution < 1.29 is 9.59 Å². The Kier molecular flexibility index (Phi) is 10.1. The fourth-order valence-corrected chi connectivity index (χ4v) is 4.74. The van der Waals surface area contributed by atoms with Crippen LogP contribution >= 0.6 is 11.8 Å². The highest BCUT2D eigenvalue weighted by Crippen LogP contribution is 2.35. The minimum Gasteiger partial charge on any atom is -0.355 e. The molecule has 1 N–H and O–H groups in total. The zero-order chi connectivity index (χ0) is 23.5. The molecule has 0 saturated heterocycles. The van der Waals surface area contributed by atoms with E-state index in [2.05, 4.69) is 58.7 Å². The van der Waals surface area contributed by atoms with Gasteiger partial charge in [0.25, 0.3) is 0 Å². The summed E-state index contributed by atoms with van der Waals surface area (Å²) in [6.07, 6.45) is 8.29. The van der Waals surface area contributed by atoms with E-state index in [4.69, 9.17) is 0 Å². The molecule has 0 atom stereocenters. The molecule has 0 saturated carbocycles. The van der Waals surface area contributed by atoms with Gasteiger partial charge in [-0.3, -0.25) is 9.59 Å². The lowest BCUT2D eigenvalue weighted by Crippen LogP contribution is -2.30. The van der Waals surface area contributed by atoms with Crippen LogP contribution in [0.25, 0.3) is 0 Å². The molecule has 0 spiro atoms. The zero-order valence-corrected chi connectivity index (χ0v) is 20.8. The summed E-state index contributed by atoms with van der Waals surface area (Å²) in [6.45, 7) is 2.34. The third-order valence-electron chi connectivity index (χ3n) is 6.19. The van der Waals surface area contributed by atoms with Gasteiger partial charge in [-0.1, -0.05) is 42.8 Å². The lowest BCUT2D eigenvalue weighted by molar-refractivity contribution is -0.130. The van der Waals surface area contributed by atoms with Crippen LogP contribution in [-0.4, -0.2) is 55.4 Å². The number of fused-ring (bicyclic) bond motifs is 2. The first kappa shape index (κ1) is 25.2. The number of hydrogen-bond donors (Lipinski definition) is 1. The molecular formula is C27H37N3O2S. The summed E-state index contributed by atoms with van der Waals surface area (Å²) < 4.78 is 0. The van der Waals surface area contributed by atoms with Gasteiger partial charge in [-0.15, -0.1) is 0 Å². The number of carbonyl (C=O) groups is 2. The smallest absolute Gasteiger partial charge is 0.229 e. The number of unbranched alkanes of at least 4 members (excludes halogenated alkanes) is 2. The molecule has 2 aromatic rings. The highest BCUT2D eigenvalue weighted by Gasteiger charge is 2.20. The van der Waals surface area contributed by atoms with Gasteiger partial charge in [0.15, 0.2) is 0 Å². The lowest BCUT2D eigenvalue weighted by atomic mass is 10.0. The van der Waals surface area contributed by atoms with Gasteiger partial charge in [-0.05, 0) is 61.6 Å². The maximum absolute atomic E-state index is 12.5. The van der Waals surface area contributed by atoms with Crippen molar-refractivity contribution in [2.45, 2.75) is 44.9 Å². The second kappa shape index (κ2) is 13.3. The van der Waals surface area contributed by atoms with E-state index < -0.39 is 0 Å². The van der Waals surface area contributed by atoms with Crippen LogP contribution in [0.1, 0.15) is 43.2 Å². The van der Waals surface area contributed by atoms with Gasteiger partial charge >= 0.3 is 0 Å². The Labute approximate surface area is 202 Å². The number of benzene rings is 2. The number of amides is 2. The molecular weight excluding hydrogens is 430 g/mol. The van der Waals surface area contributed by atoms with Crippen molar-refractivity contribution in [2.75, 3.05) is 43.6 Å². The van der Waals surface area contributed by atoms with Crippen LogP contribution < -0.4 is 10.2 Å². The van der Waals surface area contributed by atoms with Crippen molar-refractivity contribution in [1.82, 2.24) is 10.2 Å². The summed E-state index contributed by atoms with van der Waals surface area (Å²) in [7, 11) is 1.91. The quantitative estimate of drug-likeness (QED) is 0.455. The number of hydrogen-bond acceptors (Lipinski definition) is 4. The van der Waals surface area contributed by atoms with Crippen molar-refractivity contribution in [1.29, 1.82) is 0 Å². The van der Waals surface area contributed by atoms with Gasteiger partial charge in [0.05, 0.1) is 5.75 Å². The van der Waals surface area contributed by atoms with Crippen molar-refractivity contribution in [3.05, 3.63) is 59.7 Å². The number of thioether (sulfide) groups is 1. The third-order valence-corrected chi connectivity index (χ3v) is 6.75. The number of anilines is 2. The SMILES string of the molecule is CSCC(=O)NCCCCCC(=O)N(C)CCCN1c2ccccc2CCc2ccccc21. The number of carbonyl (C=O) groups excluding carboxylic acids is 2. The molecule has 0 bridgehead atoms. The third kappa shape index (κ3) is 7.53. The van der Waals surface area contributed by atoms with Gasteiger partial charge in [0.1, 0.15) is 0 Å². The molecule has 178 valence electrons. The minimum atomic E-state index is 0.0907. The second-order valence-corrected chi connectivity index (χ2v) is 9.54. The molecule has 2 amide bonds. The van der Waals surface area contributed by atoms with Crippen molar-refractivity contribution in [3.63, 3.8) is 0 Å². The van der Waals surface area contributed by atoms with E-state index in [1.54, 1.807) is 0 Å². The second-order valence-electron chi connectivity index (χ2n) is 8.67. The fourth-order valence-electron chi connectivity index (χ4n) is 4.38. The summed E-state index contributed by atoms with van der Waals surface area (Å²) in [5.41, 5.74) is 5.37. The Balaban J connectivity index is 1.43. The number of nitrogens with zero attached hydrogens (tertiary/aromatic N) is 2. The Bertz CT molecular complexity index is 870. The topological polar surface area (TPSA) is 52.7 Å². The van der Waals surface area contributed by atoms with E-state index in [9.17, 15) is 9.59 Å². The zero-order valence-electron chi connectivity index (χ0n) is 20.0. The monoisotopic (exact) mass is 467 g/mol. The van der Waals surface area contributed by atoms with E-state index in [1.165, 1.54) is 34.3 Å². The molecule has 0 fully saturated rings. The summed E-state index contributed by atoms with van der Waals surface area (Å²) in [4.78, 5) is 28.3. The molecule has 3 rings (SSSR count). The van der Waals surface area contributed by atoms with Crippen LogP contribution in [0, 0.1) is 0 Å². The normalized spacial score (nSPS) is 12.5. The van der Waals surface area contributed by atoms with Crippen LogP contribution in [0.4, 0.5) is 11.4 Å². The van der Waals surface area contributed by atoms with E-state index >= 15 is 0 Å². The Hall–Kier alpha value is -2.47. The van der Waals surface area contributed by atoms with Crippen molar-refractivity contribution in [3.8, 4) is 0 Å². The molecule has 2 aromatic carbocycles. The summed E-state index contributed by atoms with van der Waals surface area (Å²) >= 11 is 1.53. The molecule has 33 heavy (non-hydrogen) atoms. The molecule has 0 aliphatic carbocycles. The van der Waals surface area contributed by atoms with Gasteiger partial charge in [-0.2, -0.15) is 11.8 Å². The largest absolute Gasteiger partial charge is 0.355 e. The summed E-state index contributed by atoms with van der Waals surface area (Å²) in [5, 5.41) is 2.91. The minimum absolute atomic E-state index is 0.0907. The van der Waals surface area contributed by atoms with Crippen LogP contribution in [0.2, 0.25) is 0 Å². The molecule has 1 aliphatic heterocycles. The van der Waals surface area contributed by atoms with Gasteiger partial charge in [0, 0.05) is 44.5 Å². The van der Waals surface area contributed by atoms with Gasteiger partial charge < -0.3 is 15.1 Å². The molecule has 6 heteroatoms. The Morgan fingerprint density at radius 2 is 1.58 bits per heavy atom. The van der Waals surface area contributed by atoms with Crippen LogP contribution in [-0.2, 0) is 22.4 Å². The predicted octanol–water partition coefficient (Wildman–Crippen LogP) is 4.81. The first-order chi connectivity index (χ1) is 16.1. The van der Waals surface area contributed by atoms with Gasteiger partial charge in [-0.25, -0.2) is 0 Å². The lowest BCUT2D eigenvalue weighted by Gasteiger charge is -2.28. The van der Waals surface area contributed by atoms with Crippen molar-refractivity contribution >= 4 is 35.0 Å². The first-order valence-electron chi connectivity index (χ1n) is 12.0. The summed E-state index contributed by atoms with van der Waals surface area (Å²) in [5.74, 6) is 0.809. The Morgan fingerprint density at radius 3 is 2.21 bits per heavy atom. The van der Waals surface area contributed by atoms with Crippen molar-refractivity contribution in [2.24, 2.45) is 0 Å². The van der Waals surface area contributed by atoms with Crippen LogP contribution in [0.15, 0.2) is 48.5 Å². The number of rotatable bonds is 12. The predicted molar refractivity (Wildman–Crippen MR) is 139 cm³/mol.